The van der Waals surface area contributed by atoms with Crippen molar-refractivity contribution >= 4 is 6.08 Å². The molecule has 0 fully saturated rings. The van der Waals surface area contributed by atoms with Gasteiger partial charge in [-0.3, -0.25) is 0 Å². The molecule has 0 aromatic heterocycles. The highest BCUT2D eigenvalue weighted by Crippen LogP contribution is 2.21. The second-order valence-corrected chi connectivity index (χ2v) is 4.93. The van der Waals surface area contributed by atoms with Gasteiger partial charge in [-0.05, 0) is 48.6 Å². The number of allylic oxidation sites excluding steroid dienone is 1. The van der Waals surface area contributed by atoms with Gasteiger partial charge in [-0.25, -0.2) is 0 Å². The molecule has 1 aliphatic carbocycles. The molecule has 1 aromatic rings. The quantitative estimate of drug-likeness (QED) is 0.584. The monoisotopic (exact) mass is 248 g/mol. The SMILES string of the molecule is Cc1cccccc(C)c2c(c1C)/C=C\CC#CC2. The molecule has 0 saturated carbocycles. The van der Waals surface area contributed by atoms with Gasteiger partial charge in [0.05, 0.1) is 0 Å². The summed E-state index contributed by atoms with van der Waals surface area (Å²) in [5.74, 6) is 6.46. The van der Waals surface area contributed by atoms with E-state index in [1.54, 1.807) is 0 Å². The summed E-state index contributed by atoms with van der Waals surface area (Å²) in [6.07, 6.45) is 6.08. The van der Waals surface area contributed by atoms with Gasteiger partial charge < -0.3 is 0 Å². The van der Waals surface area contributed by atoms with Crippen LogP contribution in [0.1, 0.15) is 34.2 Å². The fourth-order valence-electron chi connectivity index (χ4n) is 2.26. The van der Waals surface area contributed by atoms with Crippen LogP contribution in [0.2, 0.25) is 0 Å². The predicted octanol–water partition coefficient (Wildman–Crippen LogP) is 4.70. The van der Waals surface area contributed by atoms with Gasteiger partial charge in [0.2, 0.25) is 0 Å². The Labute approximate surface area is 116 Å². The first kappa shape index (κ1) is 13.4. The van der Waals surface area contributed by atoms with Gasteiger partial charge in [0.15, 0.2) is 0 Å². The van der Waals surface area contributed by atoms with Gasteiger partial charge in [-0.15, -0.1) is 0 Å². The molecule has 0 heterocycles. The average Bonchev–Trinajstić information content (AvgIpc) is 2.36. The maximum absolute atomic E-state index is 3.27. The molecule has 1 aliphatic rings. The van der Waals surface area contributed by atoms with Gasteiger partial charge >= 0.3 is 0 Å². The number of aryl methyl sites for hydroxylation is 2. The van der Waals surface area contributed by atoms with Crippen LogP contribution < -0.4 is 0 Å². The first-order chi connectivity index (χ1) is 9.20. The molecule has 0 nitrogen and oxygen atoms in total. The van der Waals surface area contributed by atoms with Crippen molar-refractivity contribution < 1.29 is 0 Å². The molecule has 0 heteroatoms. The molecule has 0 atom stereocenters. The normalized spacial score (nSPS) is 14.1. The molecule has 0 bridgehead atoms. The van der Waals surface area contributed by atoms with Crippen molar-refractivity contribution in [2.75, 3.05) is 0 Å². The average molecular weight is 248 g/mol. The number of rotatable bonds is 0. The number of hydrogen-bond acceptors (Lipinski definition) is 0. The lowest BCUT2D eigenvalue weighted by atomic mass is 9.94. The van der Waals surface area contributed by atoms with Crippen LogP contribution in [0.4, 0.5) is 0 Å². The molecule has 0 amide bonds. The zero-order valence-electron chi connectivity index (χ0n) is 12.0. The third-order valence-corrected chi connectivity index (χ3v) is 3.61. The van der Waals surface area contributed by atoms with Gasteiger partial charge in [-0.1, -0.05) is 54.3 Å². The van der Waals surface area contributed by atoms with Gasteiger partial charge in [0.1, 0.15) is 0 Å². The van der Waals surface area contributed by atoms with Crippen LogP contribution in [-0.2, 0) is 6.42 Å². The minimum absolute atomic E-state index is 0.837. The zero-order chi connectivity index (χ0) is 13.7. The highest BCUT2D eigenvalue weighted by molar-refractivity contribution is 5.61. The molecule has 0 unspecified atom stereocenters. The molecular weight excluding hydrogens is 228 g/mol. The van der Waals surface area contributed by atoms with Crippen molar-refractivity contribution in [2.45, 2.75) is 33.6 Å². The molecule has 0 N–H and O–H groups in total. The van der Waals surface area contributed by atoms with Gasteiger partial charge in [0.25, 0.3) is 0 Å². The van der Waals surface area contributed by atoms with Gasteiger partial charge in [0, 0.05) is 12.8 Å². The zero-order valence-corrected chi connectivity index (χ0v) is 12.0. The lowest BCUT2D eigenvalue weighted by Gasteiger charge is -2.10. The Morgan fingerprint density at radius 1 is 0.895 bits per heavy atom. The van der Waals surface area contributed by atoms with Crippen LogP contribution in [0.15, 0.2) is 36.4 Å². The van der Waals surface area contributed by atoms with Crippen molar-refractivity contribution in [2.24, 2.45) is 0 Å². The summed E-state index contributed by atoms with van der Waals surface area (Å²) in [7, 11) is 0. The molecule has 2 rings (SSSR count). The molecule has 0 spiro atoms. The first-order valence-electron chi connectivity index (χ1n) is 6.75. The lowest BCUT2D eigenvalue weighted by Crippen LogP contribution is -1.95. The Bertz CT molecular complexity index is 621. The largest absolute Gasteiger partial charge is 0.0988 e. The third kappa shape index (κ3) is 3.26. The van der Waals surface area contributed by atoms with E-state index in [0.29, 0.717) is 0 Å². The smallest absolute Gasteiger partial charge is 0.0349 e. The Balaban J connectivity index is 2.86. The molecule has 0 radical (unpaired) electrons. The third-order valence-electron chi connectivity index (χ3n) is 3.61. The molecule has 0 aliphatic heterocycles. The van der Waals surface area contributed by atoms with E-state index < -0.39 is 0 Å². The van der Waals surface area contributed by atoms with Crippen LogP contribution in [0.3, 0.4) is 0 Å². The van der Waals surface area contributed by atoms with E-state index in [1.807, 2.05) is 0 Å². The Hall–Kier alpha value is -2.00. The van der Waals surface area contributed by atoms with Crippen molar-refractivity contribution in [3.8, 4) is 11.8 Å². The van der Waals surface area contributed by atoms with Gasteiger partial charge in [-0.2, -0.15) is 0 Å². The summed E-state index contributed by atoms with van der Waals surface area (Å²) >= 11 is 0. The van der Waals surface area contributed by atoms with Crippen molar-refractivity contribution in [3.63, 3.8) is 0 Å². The maximum atomic E-state index is 3.27. The van der Waals surface area contributed by atoms with E-state index >= 15 is 0 Å². The molecular formula is C19H20. The number of hydrogen-bond donors (Lipinski definition) is 0. The second-order valence-electron chi connectivity index (χ2n) is 4.93. The summed E-state index contributed by atoms with van der Waals surface area (Å²) in [5.41, 5.74) is 6.63. The highest BCUT2D eigenvalue weighted by Gasteiger charge is 2.05. The summed E-state index contributed by atoms with van der Waals surface area (Å²) in [6, 6.07) is 10.6. The molecule has 1 aromatic carbocycles. The molecule has 96 valence electrons. The fraction of sp³-hybridized carbons (Fsp3) is 0.263. The summed E-state index contributed by atoms with van der Waals surface area (Å²) in [4.78, 5) is 0. The van der Waals surface area contributed by atoms with Crippen molar-refractivity contribution in [1.29, 1.82) is 0 Å². The predicted molar refractivity (Wildman–Crippen MR) is 83.4 cm³/mol. The van der Waals surface area contributed by atoms with Crippen LogP contribution in [-0.4, -0.2) is 0 Å². The van der Waals surface area contributed by atoms with Crippen LogP contribution >= 0.6 is 0 Å². The first-order valence-corrected chi connectivity index (χ1v) is 6.75. The van der Waals surface area contributed by atoms with E-state index in [-0.39, 0.29) is 0 Å². The fourth-order valence-corrected chi connectivity index (χ4v) is 2.26. The Morgan fingerprint density at radius 3 is 2.42 bits per heavy atom. The van der Waals surface area contributed by atoms with Crippen LogP contribution in [0, 0.1) is 32.6 Å². The van der Waals surface area contributed by atoms with Crippen molar-refractivity contribution in [1.82, 2.24) is 0 Å². The minimum atomic E-state index is 0.837. The summed E-state index contributed by atoms with van der Waals surface area (Å²) in [6.45, 7) is 6.54. The second kappa shape index (κ2) is 6.25. The lowest BCUT2D eigenvalue weighted by molar-refractivity contribution is 1.20. The summed E-state index contributed by atoms with van der Waals surface area (Å²) < 4.78 is 0. The molecule has 19 heavy (non-hydrogen) atoms. The van der Waals surface area contributed by atoms with E-state index in [1.165, 1.54) is 27.8 Å². The van der Waals surface area contributed by atoms with E-state index in [0.717, 1.165) is 12.8 Å². The van der Waals surface area contributed by atoms with Crippen molar-refractivity contribution in [3.05, 3.63) is 64.2 Å². The number of fused-ring (bicyclic) bond motifs is 1. The Kier molecular flexibility index (Phi) is 4.42. The molecule has 0 saturated heterocycles. The van der Waals surface area contributed by atoms with Crippen LogP contribution in [0.25, 0.3) is 6.08 Å². The maximum Gasteiger partial charge on any atom is 0.0349 e. The van der Waals surface area contributed by atoms with Crippen LogP contribution in [0.5, 0.6) is 0 Å². The minimum Gasteiger partial charge on any atom is -0.0988 e. The van der Waals surface area contributed by atoms with E-state index in [4.69, 9.17) is 0 Å². The van der Waals surface area contributed by atoms with E-state index in [9.17, 15) is 0 Å². The highest BCUT2D eigenvalue weighted by atomic mass is 14.1. The topological polar surface area (TPSA) is 0 Å². The standard InChI is InChI=1S/C19H20/c1-15-11-7-6-8-12-16(2)18-13-9-4-5-10-14-19(18)17(15)3/h6-8,10-12,14H,5,13H2,1-3H3/b7-6?,8-6?,11-7?,12-8?,14-10-,15-11?,16-12?,17-15?,18-16?,19-17?,19-18?. The Morgan fingerprint density at radius 2 is 1.63 bits per heavy atom. The van der Waals surface area contributed by atoms with E-state index in [2.05, 4.69) is 75.1 Å². The summed E-state index contributed by atoms with van der Waals surface area (Å²) in [5, 5.41) is 0.